The molecule has 0 heterocycles. The normalized spacial score (nSPS) is 32.5. The van der Waals surface area contributed by atoms with E-state index in [1.54, 1.807) is 6.92 Å². The van der Waals surface area contributed by atoms with Crippen LogP contribution in [0.5, 0.6) is 0 Å². The van der Waals surface area contributed by atoms with Gasteiger partial charge in [0.15, 0.2) is 11.9 Å². The topological polar surface area (TPSA) is 166 Å². The van der Waals surface area contributed by atoms with E-state index < -0.39 is 72.3 Å². The van der Waals surface area contributed by atoms with Gasteiger partial charge in [0, 0.05) is 40.0 Å². The number of fused-ring (bicyclic) bond motifs is 2. The molecule has 39 heavy (non-hydrogen) atoms. The molecular formula is C28H40O11. The lowest BCUT2D eigenvalue weighted by molar-refractivity contribution is -0.156. The van der Waals surface area contributed by atoms with Crippen LogP contribution in [0.3, 0.4) is 0 Å². The zero-order valence-electron chi connectivity index (χ0n) is 23.8. The third-order valence-electron chi connectivity index (χ3n) is 7.37. The van der Waals surface area contributed by atoms with E-state index in [1.165, 1.54) is 33.8 Å². The minimum atomic E-state index is -1.39. The molecule has 2 aliphatic carbocycles. The maximum Gasteiger partial charge on any atom is 0.307 e. The summed E-state index contributed by atoms with van der Waals surface area (Å²) >= 11 is 0. The molecule has 0 saturated carbocycles. The number of carbonyl (C=O) groups is 4. The van der Waals surface area contributed by atoms with Crippen LogP contribution in [0, 0.1) is 11.3 Å². The van der Waals surface area contributed by atoms with Gasteiger partial charge in [0.05, 0.1) is 18.8 Å². The van der Waals surface area contributed by atoms with Crippen molar-refractivity contribution >= 4 is 23.9 Å². The lowest BCUT2D eigenvalue weighted by Gasteiger charge is -2.48. The molecule has 0 aromatic heterocycles. The average Bonchev–Trinajstić information content (AvgIpc) is 2.79. The highest BCUT2D eigenvalue weighted by Gasteiger charge is 2.51. The van der Waals surface area contributed by atoms with E-state index in [1.807, 2.05) is 13.8 Å². The first-order valence-electron chi connectivity index (χ1n) is 12.8. The zero-order valence-corrected chi connectivity index (χ0v) is 23.8. The summed E-state index contributed by atoms with van der Waals surface area (Å²) in [4.78, 5) is 48.9. The Morgan fingerprint density at radius 2 is 1.41 bits per heavy atom. The molecule has 0 spiro atoms. The number of carbonyl (C=O) groups excluding carboxylic acids is 4. The van der Waals surface area contributed by atoms with Crippen LogP contribution >= 0.6 is 0 Å². The monoisotopic (exact) mass is 552 g/mol. The number of aliphatic hydroxyl groups excluding tert-OH is 3. The van der Waals surface area contributed by atoms with Crippen molar-refractivity contribution in [3.05, 3.63) is 34.1 Å². The van der Waals surface area contributed by atoms with E-state index in [4.69, 9.17) is 18.9 Å². The van der Waals surface area contributed by atoms with Gasteiger partial charge in [-0.15, -0.1) is 0 Å². The molecule has 0 aliphatic heterocycles. The molecule has 0 saturated heterocycles. The average molecular weight is 553 g/mol. The minimum Gasteiger partial charge on any atom is -0.458 e. The molecular weight excluding hydrogens is 512 g/mol. The zero-order chi connectivity index (χ0) is 29.8. The molecule has 0 aromatic carbocycles. The smallest absolute Gasteiger partial charge is 0.307 e. The highest BCUT2D eigenvalue weighted by Crippen LogP contribution is 2.51. The molecule has 11 nitrogen and oxygen atoms in total. The standard InChI is InChI=1S/C28H40O11/c1-13-21(34)11-22(35)19(12-29)9-24(37-16(4)31)20-10-23(36-15(3)30)14(2)25(28(20,7)8)27(39-18(6)33)26(13)38-17(5)32/h9,20-24,27,29,34-35H,10-12H2,1-8H3/b19-9+,26-13-/t20-,21-,22+,23-,24-,27+/m0/s1. The van der Waals surface area contributed by atoms with Crippen LogP contribution in [-0.4, -0.2) is 76.3 Å². The molecule has 0 amide bonds. The maximum atomic E-state index is 12.4. The molecule has 3 N–H and O–H groups in total. The summed E-state index contributed by atoms with van der Waals surface area (Å²) in [6, 6.07) is 0. The lowest BCUT2D eigenvalue weighted by atomic mass is 9.60. The highest BCUT2D eigenvalue weighted by molar-refractivity contribution is 5.70. The van der Waals surface area contributed by atoms with Crippen molar-refractivity contribution < 1.29 is 53.4 Å². The second kappa shape index (κ2) is 12.9. The van der Waals surface area contributed by atoms with Gasteiger partial charge >= 0.3 is 23.9 Å². The Kier molecular flexibility index (Phi) is 10.6. The van der Waals surface area contributed by atoms with Gasteiger partial charge in [0.1, 0.15) is 12.2 Å². The van der Waals surface area contributed by atoms with E-state index >= 15 is 0 Å². The first-order chi connectivity index (χ1) is 18.0. The van der Waals surface area contributed by atoms with E-state index in [0.29, 0.717) is 11.1 Å². The molecule has 6 atom stereocenters. The number of aliphatic hydroxyl groups is 3. The van der Waals surface area contributed by atoms with E-state index in [9.17, 15) is 34.5 Å². The van der Waals surface area contributed by atoms with Crippen LogP contribution < -0.4 is 0 Å². The van der Waals surface area contributed by atoms with Gasteiger partial charge in [-0.05, 0) is 54.1 Å². The summed E-state index contributed by atoms with van der Waals surface area (Å²) in [6.45, 7) is 11.0. The van der Waals surface area contributed by atoms with Crippen molar-refractivity contribution in [1.29, 1.82) is 0 Å². The van der Waals surface area contributed by atoms with Gasteiger partial charge in [-0.3, -0.25) is 19.2 Å². The van der Waals surface area contributed by atoms with Crippen molar-refractivity contribution in [3.8, 4) is 0 Å². The molecule has 11 heteroatoms. The van der Waals surface area contributed by atoms with Gasteiger partial charge in [0.2, 0.25) is 0 Å². The van der Waals surface area contributed by atoms with Crippen LogP contribution in [0.4, 0.5) is 0 Å². The number of esters is 4. The van der Waals surface area contributed by atoms with E-state index in [-0.39, 0.29) is 29.7 Å². The second-order valence-corrected chi connectivity index (χ2v) is 10.6. The first kappa shape index (κ1) is 32.2. The third-order valence-corrected chi connectivity index (χ3v) is 7.37. The Hall–Kier alpha value is -3.02. The maximum absolute atomic E-state index is 12.4. The van der Waals surface area contributed by atoms with Crippen molar-refractivity contribution in [2.24, 2.45) is 11.3 Å². The minimum absolute atomic E-state index is 0.104. The van der Waals surface area contributed by atoms with E-state index in [0.717, 1.165) is 6.92 Å². The number of rotatable bonds is 5. The summed E-state index contributed by atoms with van der Waals surface area (Å²) < 4.78 is 22.6. The second-order valence-electron chi connectivity index (χ2n) is 10.6. The Morgan fingerprint density at radius 1 is 0.846 bits per heavy atom. The summed E-state index contributed by atoms with van der Waals surface area (Å²) in [7, 11) is 0. The molecule has 2 aliphatic rings. The van der Waals surface area contributed by atoms with Crippen LogP contribution in [0.2, 0.25) is 0 Å². The van der Waals surface area contributed by atoms with Gasteiger partial charge in [0.25, 0.3) is 0 Å². The van der Waals surface area contributed by atoms with Gasteiger partial charge in [-0.2, -0.15) is 0 Å². The summed E-state index contributed by atoms with van der Waals surface area (Å²) in [5.74, 6) is -3.43. The van der Waals surface area contributed by atoms with Gasteiger partial charge in [-0.1, -0.05) is 13.8 Å². The Labute approximate surface area is 228 Å². The molecule has 2 rings (SSSR count). The first-order valence-corrected chi connectivity index (χ1v) is 12.8. The quantitative estimate of drug-likeness (QED) is 0.259. The summed E-state index contributed by atoms with van der Waals surface area (Å²) in [5.41, 5.74) is 0.215. The SMILES string of the molecule is CC(=O)O/C1=C(/C)[C@@H](O)C[C@@H](O)/C(CO)=C/[C@H](OC(C)=O)[C@@H]2C[C@H](OC(C)=O)C(C)=C([C@H]1OC(C)=O)C2(C)C. The van der Waals surface area contributed by atoms with Crippen molar-refractivity contribution in [3.63, 3.8) is 0 Å². The lowest BCUT2D eigenvalue weighted by Crippen LogP contribution is -2.49. The molecule has 2 bridgehead atoms. The Balaban J connectivity index is 3.05. The summed E-state index contributed by atoms with van der Waals surface area (Å²) in [6.07, 6.45) is -4.61. The predicted molar refractivity (Wildman–Crippen MR) is 138 cm³/mol. The largest absolute Gasteiger partial charge is 0.458 e. The molecule has 0 fully saturated rings. The fourth-order valence-corrected chi connectivity index (χ4v) is 5.52. The Morgan fingerprint density at radius 3 is 1.90 bits per heavy atom. The van der Waals surface area contributed by atoms with E-state index in [2.05, 4.69) is 0 Å². The number of hydrogen-bond donors (Lipinski definition) is 3. The fourth-order valence-electron chi connectivity index (χ4n) is 5.52. The molecule has 0 aromatic rings. The van der Waals surface area contributed by atoms with Crippen LogP contribution in [0.1, 0.15) is 68.2 Å². The highest BCUT2D eigenvalue weighted by atomic mass is 16.6. The van der Waals surface area contributed by atoms with Crippen molar-refractivity contribution in [2.75, 3.05) is 6.61 Å². The summed E-state index contributed by atoms with van der Waals surface area (Å²) in [5, 5.41) is 32.1. The van der Waals surface area contributed by atoms with Crippen molar-refractivity contribution in [1.82, 2.24) is 0 Å². The van der Waals surface area contributed by atoms with Crippen LogP contribution in [-0.2, 0) is 38.1 Å². The molecule has 218 valence electrons. The van der Waals surface area contributed by atoms with Gasteiger partial charge in [-0.25, -0.2) is 0 Å². The van der Waals surface area contributed by atoms with Crippen molar-refractivity contribution in [2.45, 2.75) is 98.8 Å². The fraction of sp³-hybridized carbons (Fsp3) is 0.643. The van der Waals surface area contributed by atoms with Crippen LogP contribution in [0.25, 0.3) is 0 Å². The predicted octanol–water partition coefficient (Wildman–Crippen LogP) is 2.03. The third kappa shape index (κ3) is 7.55. The molecule has 0 radical (unpaired) electrons. The van der Waals surface area contributed by atoms with Gasteiger partial charge < -0.3 is 34.3 Å². The number of hydrogen-bond acceptors (Lipinski definition) is 11. The number of ether oxygens (including phenoxy) is 4. The van der Waals surface area contributed by atoms with Crippen LogP contribution in [0.15, 0.2) is 34.1 Å². The Bertz CT molecular complexity index is 1080. The molecule has 0 unspecified atom stereocenters.